The molecule has 1 heterocycles. The number of aliphatic hydroxyl groups is 4. The van der Waals surface area contributed by atoms with E-state index >= 15 is 0 Å². The summed E-state index contributed by atoms with van der Waals surface area (Å²) >= 11 is 0. The molecule has 6 nitrogen and oxygen atoms in total. The number of ether oxygens (including phenoxy) is 1. The number of carbonyl (C=O) groups is 1. The predicted molar refractivity (Wildman–Crippen MR) is 83.7 cm³/mol. The molecular weight excluding hydrogens is 300 g/mol. The normalized spacial score (nSPS) is 41.7. The molecule has 1 aliphatic heterocycles. The molecule has 2 rings (SSSR count). The van der Waals surface area contributed by atoms with Gasteiger partial charge < -0.3 is 25.2 Å². The molecule has 1 aliphatic carbocycles. The lowest BCUT2D eigenvalue weighted by atomic mass is 9.74. The van der Waals surface area contributed by atoms with E-state index in [9.17, 15) is 25.2 Å². The lowest BCUT2D eigenvalue weighted by Crippen LogP contribution is -2.59. The minimum absolute atomic E-state index is 0.0857. The Kier molecular flexibility index (Phi) is 6.33. The van der Waals surface area contributed by atoms with E-state index in [4.69, 9.17) is 4.74 Å². The molecule has 0 spiro atoms. The van der Waals surface area contributed by atoms with Gasteiger partial charge in [0.05, 0.1) is 6.61 Å². The van der Waals surface area contributed by atoms with Crippen LogP contribution in [0.1, 0.15) is 39.5 Å². The highest BCUT2D eigenvalue weighted by atomic mass is 16.5. The number of allylic oxidation sites excluding steroid dienone is 1. The molecule has 0 aromatic rings. The smallest absolute Gasteiger partial charge is 0.161 e. The van der Waals surface area contributed by atoms with Gasteiger partial charge in [0.15, 0.2) is 5.78 Å². The van der Waals surface area contributed by atoms with E-state index in [2.05, 4.69) is 13.8 Å². The third-order valence-electron chi connectivity index (χ3n) is 5.10. The lowest BCUT2D eigenvalue weighted by Gasteiger charge is -2.42. The van der Waals surface area contributed by atoms with E-state index in [-0.39, 0.29) is 11.7 Å². The zero-order valence-corrected chi connectivity index (χ0v) is 13.8. The Hall–Kier alpha value is -0.790. The molecule has 0 saturated carbocycles. The molecular formula is C17H28O6. The van der Waals surface area contributed by atoms with Crippen molar-refractivity contribution in [2.75, 3.05) is 6.61 Å². The number of hydrogen-bond acceptors (Lipinski definition) is 6. The molecule has 0 amide bonds. The van der Waals surface area contributed by atoms with Gasteiger partial charge in [0, 0.05) is 12.0 Å². The van der Waals surface area contributed by atoms with Crippen LogP contribution in [-0.4, -0.2) is 63.3 Å². The summed E-state index contributed by atoms with van der Waals surface area (Å²) in [5.74, 6) is 0.443. The summed E-state index contributed by atoms with van der Waals surface area (Å²) in [4.78, 5) is 12.5. The van der Waals surface area contributed by atoms with Crippen LogP contribution in [-0.2, 0) is 9.53 Å². The fourth-order valence-electron chi connectivity index (χ4n) is 3.72. The van der Waals surface area contributed by atoms with Gasteiger partial charge in [0.25, 0.3) is 0 Å². The van der Waals surface area contributed by atoms with Crippen molar-refractivity contribution >= 4 is 5.78 Å². The van der Waals surface area contributed by atoms with E-state index in [0.29, 0.717) is 17.9 Å². The number of Topliss-reactive ketones (excluding diaryl/α,β-unsaturated/α-hetero) is 1. The molecule has 0 aromatic carbocycles. The first-order valence-electron chi connectivity index (χ1n) is 8.49. The first-order valence-corrected chi connectivity index (χ1v) is 8.49. The molecule has 4 N–H and O–H groups in total. The summed E-state index contributed by atoms with van der Waals surface area (Å²) in [5.41, 5.74) is 0.362. The maximum atomic E-state index is 12.5. The van der Waals surface area contributed by atoms with Gasteiger partial charge in [0.1, 0.15) is 30.5 Å². The Morgan fingerprint density at radius 3 is 2.43 bits per heavy atom. The highest BCUT2D eigenvalue weighted by molar-refractivity contribution is 5.97. The van der Waals surface area contributed by atoms with Crippen molar-refractivity contribution in [2.45, 2.75) is 70.1 Å². The zero-order chi connectivity index (χ0) is 17.1. The lowest BCUT2D eigenvalue weighted by molar-refractivity contribution is -0.220. The Morgan fingerprint density at radius 2 is 1.87 bits per heavy atom. The van der Waals surface area contributed by atoms with Crippen molar-refractivity contribution in [1.82, 2.24) is 0 Å². The average Bonchev–Trinajstić information content (AvgIpc) is 2.54. The van der Waals surface area contributed by atoms with Crippen molar-refractivity contribution in [3.05, 3.63) is 11.6 Å². The monoisotopic (exact) mass is 328 g/mol. The maximum Gasteiger partial charge on any atom is 0.161 e. The number of aliphatic hydroxyl groups excluding tert-OH is 4. The first kappa shape index (κ1) is 18.5. The van der Waals surface area contributed by atoms with Crippen molar-refractivity contribution in [3.63, 3.8) is 0 Å². The molecule has 0 radical (unpaired) electrons. The van der Waals surface area contributed by atoms with Gasteiger partial charge >= 0.3 is 0 Å². The van der Waals surface area contributed by atoms with E-state index in [1.165, 1.54) is 0 Å². The summed E-state index contributed by atoms with van der Waals surface area (Å²) in [6.45, 7) is 3.66. The minimum atomic E-state index is -1.45. The number of rotatable bonds is 5. The molecule has 0 bridgehead atoms. The van der Waals surface area contributed by atoms with E-state index in [1.54, 1.807) is 0 Å². The first-order chi connectivity index (χ1) is 10.9. The van der Waals surface area contributed by atoms with Gasteiger partial charge in [-0.05, 0) is 24.7 Å². The molecule has 2 unspecified atom stereocenters. The average molecular weight is 328 g/mol. The zero-order valence-electron chi connectivity index (χ0n) is 13.8. The van der Waals surface area contributed by atoms with Crippen LogP contribution in [0.15, 0.2) is 11.6 Å². The van der Waals surface area contributed by atoms with E-state index in [0.717, 1.165) is 19.3 Å². The topological polar surface area (TPSA) is 107 Å². The fraction of sp³-hybridized carbons (Fsp3) is 0.824. The molecule has 7 atom stereocenters. The summed E-state index contributed by atoms with van der Waals surface area (Å²) < 4.78 is 5.53. The van der Waals surface area contributed by atoms with Crippen LogP contribution in [0.25, 0.3) is 0 Å². The van der Waals surface area contributed by atoms with Crippen molar-refractivity contribution < 1.29 is 30.0 Å². The van der Waals surface area contributed by atoms with Crippen LogP contribution >= 0.6 is 0 Å². The number of carbonyl (C=O) groups excluding carboxylic acids is 1. The molecule has 132 valence electrons. The summed E-state index contributed by atoms with van der Waals surface area (Å²) in [6, 6.07) is 0. The largest absolute Gasteiger partial charge is 0.394 e. The molecule has 1 fully saturated rings. The van der Waals surface area contributed by atoms with Crippen LogP contribution in [0.4, 0.5) is 0 Å². The molecule has 1 saturated heterocycles. The second-order valence-electron chi connectivity index (χ2n) is 6.62. The molecule has 2 aliphatic rings. The predicted octanol–water partition coefficient (Wildman–Crippen LogP) is 0.170. The Morgan fingerprint density at radius 1 is 1.17 bits per heavy atom. The Bertz CT molecular complexity index is 446. The standard InChI is InChI=1S/C17H28O6/c1-3-5-10-7-12(19)11(6-9(10)4-2)17-16(22)15(21)14(20)13(8-18)23-17/h6,9-10,13-18,20-22H,3-5,7-8H2,1-2H3/t9?,10?,13-,14-,15+,16+,17+/m1/s1. The van der Waals surface area contributed by atoms with Gasteiger partial charge in [-0.2, -0.15) is 0 Å². The van der Waals surface area contributed by atoms with Gasteiger partial charge in [-0.15, -0.1) is 0 Å². The quantitative estimate of drug-likeness (QED) is 0.573. The SMILES string of the molecule is CCCC1CC(=O)C([C@@H]2O[C@H](CO)[C@@H](O)[C@H](O)[C@@H]2O)=CC1CC. The van der Waals surface area contributed by atoms with E-state index in [1.807, 2.05) is 6.08 Å². The van der Waals surface area contributed by atoms with Crippen molar-refractivity contribution in [3.8, 4) is 0 Å². The second kappa shape index (κ2) is 7.85. The number of ketones is 1. The van der Waals surface area contributed by atoms with Gasteiger partial charge in [-0.1, -0.05) is 26.3 Å². The summed E-state index contributed by atoms with van der Waals surface area (Å²) in [7, 11) is 0. The highest BCUT2D eigenvalue weighted by Crippen LogP contribution is 2.36. The highest BCUT2D eigenvalue weighted by Gasteiger charge is 2.47. The third kappa shape index (κ3) is 3.67. The minimum Gasteiger partial charge on any atom is -0.394 e. The maximum absolute atomic E-state index is 12.5. The van der Waals surface area contributed by atoms with Crippen LogP contribution in [0.2, 0.25) is 0 Å². The van der Waals surface area contributed by atoms with Crippen LogP contribution in [0.3, 0.4) is 0 Å². The van der Waals surface area contributed by atoms with Gasteiger partial charge in [0.2, 0.25) is 0 Å². The van der Waals surface area contributed by atoms with Crippen LogP contribution in [0, 0.1) is 11.8 Å². The second-order valence-corrected chi connectivity index (χ2v) is 6.62. The summed E-state index contributed by atoms with van der Waals surface area (Å²) in [6.07, 6.45) is -1.09. The number of hydrogen-bond donors (Lipinski definition) is 4. The van der Waals surface area contributed by atoms with Gasteiger partial charge in [-0.3, -0.25) is 4.79 Å². The summed E-state index contributed by atoms with van der Waals surface area (Å²) in [5, 5.41) is 39.3. The van der Waals surface area contributed by atoms with Gasteiger partial charge in [-0.25, -0.2) is 0 Å². The van der Waals surface area contributed by atoms with Crippen LogP contribution in [0.5, 0.6) is 0 Å². The van der Waals surface area contributed by atoms with Crippen LogP contribution < -0.4 is 0 Å². The Labute approximate surface area is 136 Å². The Balaban J connectivity index is 2.26. The van der Waals surface area contributed by atoms with Crippen molar-refractivity contribution in [1.29, 1.82) is 0 Å². The molecule has 6 heteroatoms. The fourth-order valence-corrected chi connectivity index (χ4v) is 3.72. The van der Waals surface area contributed by atoms with E-state index < -0.39 is 37.1 Å². The molecule has 23 heavy (non-hydrogen) atoms. The van der Waals surface area contributed by atoms with Crippen molar-refractivity contribution in [2.24, 2.45) is 11.8 Å². The third-order valence-corrected chi connectivity index (χ3v) is 5.10. The molecule has 0 aromatic heterocycles.